The van der Waals surface area contributed by atoms with Crippen LogP contribution in [0, 0.1) is 20.8 Å². The third-order valence-corrected chi connectivity index (χ3v) is 4.10. The summed E-state index contributed by atoms with van der Waals surface area (Å²) in [6.07, 6.45) is 0. The van der Waals surface area contributed by atoms with Crippen LogP contribution < -0.4 is 5.32 Å². The summed E-state index contributed by atoms with van der Waals surface area (Å²) in [6.45, 7) is 5.83. The number of aryl methyl sites for hydroxylation is 3. The molecule has 1 aromatic carbocycles. The molecule has 0 bridgehead atoms. The Balaban J connectivity index is 1.79. The van der Waals surface area contributed by atoms with Crippen molar-refractivity contribution in [3.05, 3.63) is 58.2 Å². The summed E-state index contributed by atoms with van der Waals surface area (Å²) < 4.78 is 5.54. The third kappa shape index (κ3) is 2.94. The maximum atomic E-state index is 12.3. The molecule has 3 aromatic rings. The molecule has 1 amide bonds. The second-order valence-corrected chi connectivity index (χ2v) is 6.08. The molecule has 22 heavy (non-hydrogen) atoms. The zero-order chi connectivity index (χ0) is 15.7. The van der Waals surface area contributed by atoms with Gasteiger partial charge in [-0.2, -0.15) is 0 Å². The minimum Gasteiger partial charge on any atom is -0.460 e. The summed E-state index contributed by atoms with van der Waals surface area (Å²) in [6, 6.07) is 9.53. The van der Waals surface area contributed by atoms with E-state index in [4.69, 9.17) is 4.42 Å². The van der Waals surface area contributed by atoms with Gasteiger partial charge in [-0.05, 0) is 44.5 Å². The van der Waals surface area contributed by atoms with Crippen molar-refractivity contribution in [2.75, 3.05) is 5.32 Å². The van der Waals surface area contributed by atoms with Crippen LogP contribution in [0.15, 0.2) is 40.1 Å². The number of nitrogens with zero attached hydrogens (tertiary/aromatic N) is 1. The van der Waals surface area contributed by atoms with Crippen LogP contribution in [0.2, 0.25) is 0 Å². The quantitative estimate of drug-likeness (QED) is 0.770. The fourth-order valence-electron chi connectivity index (χ4n) is 2.25. The predicted molar refractivity (Wildman–Crippen MR) is 88.4 cm³/mol. The van der Waals surface area contributed by atoms with E-state index in [2.05, 4.69) is 10.3 Å². The van der Waals surface area contributed by atoms with Crippen LogP contribution in [0.1, 0.15) is 27.2 Å². The van der Waals surface area contributed by atoms with E-state index in [1.807, 2.05) is 56.5 Å². The topological polar surface area (TPSA) is 55.1 Å². The number of amides is 1. The van der Waals surface area contributed by atoms with Crippen molar-refractivity contribution in [3.63, 3.8) is 0 Å². The highest BCUT2D eigenvalue weighted by atomic mass is 32.1. The first-order valence-electron chi connectivity index (χ1n) is 6.94. The lowest BCUT2D eigenvalue weighted by molar-refractivity contribution is 0.102. The molecule has 4 nitrogen and oxygen atoms in total. The number of thiazole rings is 1. The highest BCUT2D eigenvalue weighted by molar-refractivity contribution is 7.14. The minimum absolute atomic E-state index is 0.144. The number of hydrogen-bond donors (Lipinski definition) is 1. The molecule has 0 aliphatic carbocycles. The second kappa shape index (κ2) is 5.77. The molecular weight excluding hydrogens is 296 g/mol. The normalized spacial score (nSPS) is 10.7. The third-order valence-electron chi connectivity index (χ3n) is 3.34. The number of furan rings is 1. The van der Waals surface area contributed by atoms with Gasteiger partial charge in [-0.1, -0.05) is 17.7 Å². The molecular formula is C17H16N2O2S. The molecule has 0 atom stereocenters. The van der Waals surface area contributed by atoms with Crippen molar-refractivity contribution < 1.29 is 9.21 Å². The smallest absolute Gasteiger partial charge is 0.257 e. The standard InChI is InChI=1S/C17H16N2O2S/c1-10-4-6-13(11(2)8-10)16(20)19-17-18-14(9-22-17)15-7-5-12(3)21-15/h4-9H,1-3H3,(H,18,19,20). The Morgan fingerprint density at radius 2 is 2.00 bits per heavy atom. The molecule has 0 saturated carbocycles. The van der Waals surface area contributed by atoms with Crippen LogP contribution >= 0.6 is 11.3 Å². The molecule has 0 fully saturated rings. The fourth-order valence-corrected chi connectivity index (χ4v) is 2.94. The molecule has 5 heteroatoms. The summed E-state index contributed by atoms with van der Waals surface area (Å²) in [5, 5.41) is 5.28. The number of carbonyl (C=O) groups excluding carboxylic acids is 1. The lowest BCUT2D eigenvalue weighted by Crippen LogP contribution is -2.13. The fraction of sp³-hybridized carbons (Fsp3) is 0.176. The van der Waals surface area contributed by atoms with E-state index < -0.39 is 0 Å². The Labute approximate surface area is 132 Å². The van der Waals surface area contributed by atoms with Gasteiger partial charge in [-0.15, -0.1) is 11.3 Å². The van der Waals surface area contributed by atoms with Crippen LogP contribution in [0.25, 0.3) is 11.5 Å². The van der Waals surface area contributed by atoms with Crippen molar-refractivity contribution in [2.45, 2.75) is 20.8 Å². The maximum Gasteiger partial charge on any atom is 0.257 e. The zero-order valence-electron chi connectivity index (χ0n) is 12.6. The van der Waals surface area contributed by atoms with Gasteiger partial charge < -0.3 is 4.42 Å². The minimum atomic E-state index is -0.144. The van der Waals surface area contributed by atoms with Gasteiger partial charge in [-0.3, -0.25) is 10.1 Å². The van der Waals surface area contributed by atoms with Crippen molar-refractivity contribution in [1.29, 1.82) is 0 Å². The highest BCUT2D eigenvalue weighted by Gasteiger charge is 2.13. The number of anilines is 1. The van der Waals surface area contributed by atoms with E-state index in [0.29, 0.717) is 16.5 Å². The second-order valence-electron chi connectivity index (χ2n) is 5.22. The molecule has 0 radical (unpaired) electrons. The van der Waals surface area contributed by atoms with Crippen molar-refractivity contribution in [3.8, 4) is 11.5 Å². The maximum absolute atomic E-state index is 12.3. The van der Waals surface area contributed by atoms with E-state index in [0.717, 1.165) is 22.6 Å². The van der Waals surface area contributed by atoms with Gasteiger partial charge >= 0.3 is 0 Å². The number of rotatable bonds is 3. The first kappa shape index (κ1) is 14.5. The lowest BCUT2D eigenvalue weighted by Gasteiger charge is -2.06. The van der Waals surface area contributed by atoms with Crippen molar-refractivity contribution in [1.82, 2.24) is 4.98 Å². The molecule has 2 aromatic heterocycles. The number of nitrogens with one attached hydrogen (secondary N) is 1. The molecule has 0 unspecified atom stereocenters. The van der Waals surface area contributed by atoms with Gasteiger partial charge in [0.25, 0.3) is 5.91 Å². The van der Waals surface area contributed by atoms with Crippen molar-refractivity contribution >= 4 is 22.4 Å². The summed E-state index contributed by atoms with van der Waals surface area (Å²) >= 11 is 1.38. The summed E-state index contributed by atoms with van der Waals surface area (Å²) in [5.41, 5.74) is 3.49. The predicted octanol–water partition coefficient (Wildman–Crippen LogP) is 4.58. The Bertz CT molecular complexity index is 833. The van der Waals surface area contributed by atoms with Gasteiger partial charge in [0.2, 0.25) is 0 Å². The van der Waals surface area contributed by atoms with Gasteiger partial charge in [0, 0.05) is 10.9 Å². The molecule has 0 aliphatic rings. The van der Waals surface area contributed by atoms with E-state index in [1.54, 1.807) is 0 Å². The monoisotopic (exact) mass is 312 g/mol. The summed E-state index contributed by atoms with van der Waals surface area (Å²) in [5.74, 6) is 1.40. The summed E-state index contributed by atoms with van der Waals surface area (Å²) in [7, 11) is 0. The zero-order valence-corrected chi connectivity index (χ0v) is 13.5. The molecule has 112 valence electrons. The average Bonchev–Trinajstić information content (AvgIpc) is 3.07. The van der Waals surface area contributed by atoms with E-state index in [-0.39, 0.29) is 5.91 Å². The number of carbonyl (C=O) groups is 1. The van der Waals surface area contributed by atoms with Crippen LogP contribution in [0.4, 0.5) is 5.13 Å². The van der Waals surface area contributed by atoms with Gasteiger partial charge in [0.05, 0.1) is 0 Å². The average molecular weight is 312 g/mol. The Kier molecular flexibility index (Phi) is 3.81. The molecule has 0 spiro atoms. The Hall–Kier alpha value is -2.40. The van der Waals surface area contributed by atoms with E-state index in [1.165, 1.54) is 11.3 Å². The van der Waals surface area contributed by atoms with E-state index in [9.17, 15) is 4.79 Å². The van der Waals surface area contributed by atoms with Crippen LogP contribution in [0.5, 0.6) is 0 Å². The Morgan fingerprint density at radius 1 is 1.18 bits per heavy atom. The SMILES string of the molecule is Cc1ccc(C(=O)Nc2nc(-c3ccc(C)o3)cs2)c(C)c1. The largest absolute Gasteiger partial charge is 0.460 e. The molecule has 3 rings (SSSR count). The molecule has 1 N–H and O–H groups in total. The van der Waals surface area contributed by atoms with Crippen molar-refractivity contribution in [2.24, 2.45) is 0 Å². The van der Waals surface area contributed by atoms with Gasteiger partial charge in [0.1, 0.15) is 11.5 Å². The summed E-state index contributed by atoms with van der Waals surface area (Å²) in [4.78, 5) is 16.7. The highest BCUT2D eigenvalue weighted by Crippen LogP contribution is 2.26. The lowest BCUT2D eigenvalue weighted by atomic mass is 10.1. The molecule has 2 heterocycles. The van der Waals surface area contributed by atoms with Crippen LogP contribution in [0.3, 0.4) is 0 Å². The first-order chi connectivity index (χ1) is 10.5. The van der Waals surface area contributed by atoms with Gasteiger partial charge in [-0.25, -0.2) is 4.98 Å². The van der Waals surface area contributed by atoms with Crippen LogP contribution in [-0.4, -0.2) is 10.9 Å². The number of hydrogen-bond acceptors (Lipinski definition) is 4. The number of aromatic nitrogens is 1. The Morgan fingerprint density at radius 3 is 2.68 bits per heavy atom. The van der Waals surface area contributed by atoms with Gasteiger partial charge in [0.15, 0.2) is 10.9 Å². The van der Waals surface area contributed by atoms with E-state index >= 15 is 0 Å². The number of benzene rings is 1. The van der Waals surface area contributed by atoms with Crippen LogP contribution in [-0.2, 0) is 0 Å². The first-order valence-corrected chi connectivity index (χ1v) is 7.82. The molecule has 0 saturated heterocycles. The molecule has 0 aliphatic heterocycles.